The van der Waals surface area contributed by atoms with E-state index in [1.807, 2.05) is 0 Å². The van der Waals surface area contributed by atoms with Gasteiger partial charge in [0.2, 0.25) is 7.57 Å². The van der Waals surface area contributed by atoms with E-state index in [4.69, 9.17) is 18.5 Å². The quantitative estimate of drug-likeness (QED) is 0.144. The molecule has 19 heavy (non-hydrogen) atoms. The number of hydrogen-bond donors (Lipinski definition) is 1. The van der Waals surface area contributed by atoms with E-state index in [9.17, 15) is 9.69 Å². The molecule has 0 aromatic heterocycles. The molecule has 1 unspecified atom stereocenters. The summed E-state index contributed by atoms with van der Waals surface area (Å²) in [4.78, 5) is 20.3. The number of esters is 1. The molecule has 0 amide bonds. The van der Waals surface area contributed by atoms with Crippen molar-refractivity contribution in [2.45, 2.75) is 0 Å². The minimum atomic E-state index is -3.17. The molecule has 0 radical (unpaired) electrons. The summed E-state index contributed by atoms with van der Waals surface area (Å²) in [6, 6.07) is 0. The molecule has 0 aromatic carbocycles. The van der Waals surface area contributed by atoms with Crippen molar-refractivity contribution in [2.75, 3.05) is 33.2 Å². The second-order valence-corrected chi connectivity index (χ2v) is 4.83. The van der Waals surface area contributed by atoms with Crippen LogP contribution >= 0.6 is 7.57 Å². The van der Waals surface area contributed by atoms with Gasteiger partial charge in [0.15, 0.2) is 6.79 Å². The average molecular weight is 294 g/mol. The Morgan fingerprint density at radius 2 is 1.79 bits per heavy atom. The monoisotopic (exact) mass is 294 g/mol. The minimum absolute atomic E-state index is 0.0181. The third-order valence-electron chi connectivity index (χ3n) is 1.58. The summed E-state index contributed by atoms with van der Waals surface area (Å²) in [5, 5.41) is 0. The first kappa shape index (κ1) is 17.9. The van der Waals surface area contributed by atoms with E-state index in [0.29, 0.717) is 0 Å². The molecule has 1 N–H and O–H groups in total. The highest BCUT2D eigenvalue weighted by molar-refractivity contribution is 7.58. The third kappa shape index (κ3) is 11.7. The summed E-state index contributed by atoms with van der Waals surface area (Å²) in [6.45, 7) is 6.90. The lowest BCUT2D eigenvalue weighted by molar-refractivity contribution is -0.138. The van der Waals surface area contributed by atoms with Crippen molar-refractivity contribution in [1.82, 2.24) is 0 Å². The highest BCUT2D eigenvalue weighted by Crippen LogP contribution is 2.41. The fourth-order valence-corrected chi connectivity index (χ4v) is 1.61. The van der Waals surface area contributed by atoms with Crippen LogP contribution in [0.4, 0.5) is 0 Å². The van der Waals surface area contributed by atoms with Crippen molar-refractivity contribution in [3.63, 3.8) is 0 Å². The smallest absolute Gasteiger partial charge is 0.330 e. The lowest BCUT2D eigenvalue weighted by Crippen LogP contribution is -2.10. The second-order valence-electron chi connectivity index (χ2n) is 3.03. The molecule has 0 heterocycles. The zero-order valence-electron chi connectivity index (χ0n) is 10.7. The number of ether oxygens (including phenoxy) is 3. The molecule has 0 bridgehead atoms. The van der Waals surface area contributed by atoms with Gasteiger partial charge in [-0.15, -0.1) is 0 Å². The number of carbonyl (C=O) groups excluding carboxylic acids is 1. The first-order valence-corrected chi connectivity index (χ1v) is 7.13. The molecule has 0 rings (SSSR count). The first-order chi connectivity index (χ1) is 9.02. The standard InChI is InChI=1S/C11H19O7P/c1-4-11(12)16-7-9-18-19(3,13)17-8-6-15-10-14-5-2/h4-5,13H,1-3,6-10H2. The average Bonchev–Trinajstić information content (AvgIpc) is 2.38. The van der Waals surface area contributed by atoms with Crippen molar-refractivity contribution in [3.8, 4) is 0 Å². The van der Waals surface area contributed by atoms with Crippen LogP contribution in [0.2, 0.25) is 0 Å². The molecule has 0 aromatic rings. The van der Waals surface area contributed by atoms with Gasteiger partial charge in [-0.3, -0.25) is 0 Å². The largest absolute Gasteiger partial charge is 0.476 e. The van der Waals surface area contributed by atoms with Crippen LogP contribution in [0.15, 0.2) is 25.5 Å². The van der Waals surface area contributed by atoms with Gasteiger partial charge in [0, 0.05) is 6.08 Å². The Bertz CT molecular complexity index is 329. The lowest BCUT2D eigenvalue weighted by Gasteiger charge is -2.17. The topological polar surface area (TPSA) is 83.5 Å². The molecule has 8 heteroatoms. The first-order valence-electron chi connectivity index (χ1n) is 5.36. The Hall–Kier alpha value is -1.11. The van der Waals surface area contributed by atoms with Crippen LogP contribution < -0.4 is 0 Å². The maximum absolute atomic E-state index is 10.7. The van der Waals surface area contributed by atoms with Crippen LogP contribution in [0.1, 0.15) is 0 Å². The molecule has 7 nitrogen and oxygen atoms in total. The summed E-state index contributed by atoms with van der Waals surface area (Å²) in [6.07, 6.45) is 5.68. The van der Waals surface area contributed by atoms with E-state index in [2.05, 4.69) is 24.2 Å². The van der Waals surface area contributed by atoms with Crippen molar-refractivity contribution in [2.24, 2.45) is 0 Å². The molecular weight excluding hydrogens is 275 g/mol. The Morgan fingerprint density at radius 3 is 2.37 bits per heavy atom. The molecule has 110 valence electrons. The van der Waals surface area contributed by atoms with Crippen molar-refractivity contribution >= 4 is 19.8 Å². The van der Waals surface area contributed by atoms with Gasteiger partial charge >= 0.3 is 5.97 Å². The number of carbonyl (C=O) groups is 1. The minimum Gasteiger partial charge on any atom is -0.476 e. The predicted molar refractivity (Wildman–Crippen MR) is 71.4 cm³/mol. The third-order valence-corrected chi connectivity index (χ3v) is 2.75. The molecule has 0 aliphatic heterocycles. The van der Waals surface area contributed by atoms with Crippen LogP contribution in [-0.4, -0.2) is 50.4 Å². The van der Waals surface area contributed by atoms with Crippen molar-refractivity contribution in [3.05, 3.63) is 25.5 Å². The summed E-state index contributed by atoms with van der Waals surface area (Å²) < 4.78 is 24.3. The van der Waals surface area contributed by atoms with E-state index >= 15 is 0 Å². The fourth-order valence-electron chi connectivity index (χ4n) is 0.812. The normalized spacial score (nSPS) is 13.3. The number of hydrogen-bond acceptors (Lipinski definition) is 7. The highest BCUT2D eigenvalue weighted by atomic mass is 31.2. The van der Waals surface area contributed by atoms with Gasteiger partial charge in [-0.2, -0.15) is 0 Å². The van der Waals surface area contributed by atoms with Gasteiger partial charge in [0.05, 0.1) is 26.1 Å². The molecular formula is C11H19O7P. The van der Waals surface area contributed by atoms with E-state index in [-0.39, 0.29) is 33.2 Å². The lowest BCUT2D eigenvalue weighted by atomic mass is 10.6. The maximum atomic E-state index is 10.7. The van der Waals surface area contributed by atoms with Crippen LogP contribution in [0.25, 0.3) is 0 Å². The van der Waals surface area contributed by atoms with Gasteiger partial charge in [0.25, 0.3) is 0 Å². The van der Waals surface area contributed by atoms with E-state index < -0.39 is 13.5 Å². The zero-order valence-corrected chi connectivity index (χ0v) is 11.5. The Morgan fingerprint density at radius 1 is 1.16 bits per heavy atom. The fraction of sp³-hybridized carbons (Fsp3) is 0.455. The maximum Gasteiger partial charge on any atom is 0.330 e. The summed E-state index contributed by atoms with van der Waals surface area (Å²) in [5.41, 5.74) is 0. The van der Waals surface area contributed by atoms with Gasteiger partial charge in [0.1, 0.15) is 6.61 Å². The molecule has 0 saturated heterocycles. The van der Waals surface area contributed by atoms with Gasteiger partial charge < -0.3 is 28.2 Å². The molecule has 0 fully saturated rings. The summed E-state index contributed by atoms with van der Waals surface area (Å²) in [7, 11) is -3.17. The van der Waals surface area contributed by atoms with Gasteiger partial charge in [-0.25, -0.2) is 4.79 Å². The van der Waals surface area contributed by atoms with Crippen molar-refractivity contribution < 1.29 is 32.9 Å². The van der Waals surface area contributed by atoms with E-state index in [1.54, 1.807) is 0 Å². The highest BCUT2D eigenvalue weighted by Gasteiger charge is 2.11. The Balaban J connectivity index is 3.57. The van der Waals surface area contributed by atoms with Crippen LogP contribution in [0, 0.1) is 0 Å². The van der Waals surface area contributed by atoms with E-state index in [1.165, 1.54) is 6.26 Å². The number of rotatable bonds is 12. The second kappa shape index (κ2) is 10.8. The van der Waals surface area contributed by atoms with Crippen LogP contribution in [-0.2, 0) is 28.1 Å². The van der Waals surface area contributed by atoms with E-state index in [0.717, 1.165) is 6.08 Å². The Labute approximate surface area is 112 Å². The molecule has 0 aliphatic carbocycles. The van der Waals surface area contributed by atoms with Gasteiger partial charge in [-0.1, -0.05) is 13.2 Å². The zero-order chi connectivity index (χ0) is 14.6. The van der Waals surface area contributed by atoms with Crippen LogP contribution in [0.5, 0.6) is 0 Å². The van der Waals surface area contributed by atoms with Gasteiger partial charge in [-0.05, 0) is 6.30 Å². The predicted octanol–water partition coefficient (Wildman–Crippen LogP) is 1.07. The molecule has 1 atom stereocenters. The van der Waals surface area contributed by atoms with Crippen molar-refractivity contribution in [1.29, 1.82) is 0 Å². The summed E-state index contributed by atoms with van der Waals surface area (Å²) >= 11 is 0. The molecule has 0 spiro atoms. The Kier molecular flexibility index (Phi) is 10.1. The molecule has 0 aliphatic rings. The SMILES string of the molecule is C=COCOCCOP(=C)(O)OCCOC(=O)C=C. The summed E-state index contributed by atoms with van der Waals surface area (Å²) in [5.74, 6) is -0.564. The molecule has 0 saturated carbocycles. The van der Waals surface area contributed by atoms with Crippen LogP contribution in [0.3, 0.4) is 0 Å².